The molecule has 2 rings (SSSR count). The summed E-state index contributed by atoms with van der Waals surface area (Å²) in [5.74, 6) is 0. The predicted molar refractivity (Wildman–Crippen MR) is 79.9 cm³/mol. The Morgan fingerprint density at radius 3 is 2.80 bits per heavy atom. The molecule has 0 aromatic heterocycles. The number of hydrogen-bond donors (Lipinski definition) is 2. The van der Waals surface area contributed by atoms with Crippen molar-refractivity contribution in [3.05, 3.63) is 29.8 Å². The number of amides is 2. The Morgan fingerprint density at radius 1 is 1.30 bits per heavy atom. The van der Waals surface area contributed by atoms with Gasteiger partial charge in [-0.15, -0.1) is 0 Å². The number of nitrogens with zero attached hydrogens (tertiary/aromatic N) is 1. The number of anilines is 1. The number of carbonyl (C=O) groups is 1. The lowest BCUT2D eigenvalue weighted by molar-refractivity contribution is 0.0343. The molecule has 1 aromatic carbocycles. The predicted octanol–water partition coefficient (Wildman–Crippen LogP) is 2.05. The van der Waals surface area contributed by atoms with Crippen LogP contribution in [-0.4, -0.2) is 43.8 Å². The third-order valence-corrected chi connectivity index (χ3v) is 3.30. The van der Waals surface area contributed by atoms with E-state index in [9.17, 15) is 4.79 Å². The minimum Gasteiger partial charge on any atom is -0.379 e. The summed E-state index contributed by atoms with van der Waals surface area (Å²) in [4.78, 5) is 14.1. The molecule has 110 valence electrons. The van der Waals surface area contributed by atoms with Crippen molar-refractivity contribution in [3.8, 4) is 0 Å². The maximum absolute atomic E-state index is 11.8. The summed E-state index contributed by atoms with van der Waals surface area (Å²) in [6.07, 6.45) is 0.933. The minimum atomic E-state index is -0.138. The molecule has 0 radical (unpaired) electrons. The van der Waals surface area contributed by atoms with Crippen molar-refractivity contribution in [3.63, 3.8) is 0 Å². The molecule has 1 saturated heterocycles. The summed E-state index contributed by atoms with van der Waals surface area (Å²) in [6, 6.07) is 7.82. The summed E-state index contributed by atoms with van der Waals surface area (Å²) in [6.45, 7) is 7.02. The molecule has 0 saturated carbocycles. The molecule has 5 nitrogen and oxygen atoms in total. The van der Waals surface area contributed by atoms with Crippen molar-refractivity contribution in [2.45, 2.75) is 19.9 Å². The summed E-state index contributed by atoms with van der Waals surface area (Å²) < 4.78 is 5.36. The van der Waals surface area contributed by atoms with E-state index in [4.69, 9.17) is 4.74 Å². The number of para-hydroxylation sites is 1. The van der Waals surface area contributed by atoms with Crippen LogP contribution in [0, 0.1) is 0 Å². The van der Waals surface area contributed by atoms with Gasteiger partial charge in [0.1, 0.15) is 0 Å². The van der Waals surface area contributed by atoms with Gasteiger partial charge in [-0.1, -0.05) is 25.1 Å². The highest BCUT2D eigenvalue weighted by Crippen LogP contribution is 2.17. The van der Waals surface area contributed by atoms with Crippen LogP contribution in [0.25, 0.3) is 0 Å². The van der Waals surface area contributed by atoms with E-state index in [2.05, 4.69) is 21.6 Å². The zero-order valence-corrected chi connectivity index (χ0v) is 12.0. The zero-order valence-electron chi connectivity index (χ0n) is 12.0. The minimum absolute atomic E-state index is 0.138. The number of ether oxygens (including phenoxy) is 1. The summed E-state index contributed by atoms with van der Waals surface area (Å²) in [7, 11) is 0. The molecule has 1 heterocycles. The molecular formula is C15H23N3O2. The highest BCUT2D eigenvalue weighted by molar-refractivity contribution is 5.90. The molecule has 1 fully saturated rings. The Labute approximate surface area is 120 Å². The molecule has 0 spiro atoms. The first kappa shape index (κ1) is 14.8. The van der Waals surface area contributed by atoms with E-state index in [1.165, 1.54) is 0 Å². The molecule has 0 unspecified atom stereocenters. The average Bonchev–Trinajstić information content (AvgIpc) is 2.48. The van der Waals surface area contributed by atoms with Gasteiger partial charge in [0.05, 0.1) is 13.2 Å². The van der Waals surface area contributed by atoms with Gasteiger partial charge in [0.2, 0.25) is 0 Å². The van der Waals surface area contributed by atoms with E-state index in [-0.39, 0.29) is 6.03 Å². The SMILES string of the molecule is CCCNC(=O)Nc1ccccc1CN1CCOCC1. The van der Waals surface area contributed by atoms with Crippen LogP contribution in [0.1, 0.15) is 18.9 Å². The Balaban J connectivity index is 1.96. The van der Waals surface area contributed by atoms with E-state index >= 15 is 0 Å². The highest BCUT2D eigenvalue weighted by atomic mass is 16.5. The molecule has 2 amide bonds. The molecule has 2 N–H and O–H groups in total. The number of benzene rings is 1. The van der Waals surface area contributed by atoms with Gasteiger partial charge in [0.15, 0.2) is 0 Å². The van der Waals surface area contributed by atoms with Crippen molar-refractivity contribution < 1.29 is 9.53 Å². The first-order valence-electron chi connectivity index (χ1n) is 7.22. The van der Waals surface area contributed by atoms with Gasteiger partial charge >= 0.3 is 6.03 Å². The highest BCUT2D eigenvalue weighted by Gasteiger charge is 2.13. The normalized spacial score (nSPS) is 15.8. The Bertz CT molecular complexity index is 431. The molecule has 1 aliphatic rings. The number of carbonyl (C=O) groups excluding carboxylic acids is 1. The van der Waals surface area contributed by atoms with Gasteiger partial charge in [-0.3, -0.25) is 4.90 Å². The molecule has 1 aromatic rings. The standard InChI is InChI=1S/C15H23N3O2/c1-2-7-16-15(19)17-14-6-4-3-5-13(14)12-18-8-10-20-11-9-18/h3-6H,2,7-12H2,1H3,(H2,16,17,19). The zero-order chi connectivity index (χ0) is 14.2. The Hall–Kier alpha value is -1.59. The van der Waals surface area contributed by atoms with E-state index < -0.39 is 0 Å². The molecule has 0 bridgehead atoms. The van der Waals surface area contributed by atoms with Gasteiger partial charge in [-0.05, 0) is 18.1 Å². The lowest BCUT2D eigenvalue weighted by Crippen LogP contribution is -2.36. The molecule has 20 heavy (non-hydrogen) atoms. The smallest absolute Gasteiger partial charge is 0.319 e. The van der Waals surface area contributed by atoms with Gasteiger partial charge in [-0.2, -0.15) is 0 Å². The lowest BCUT2D eigenvalue weighted by Gasteiger charge is -2.27. The van der Waals surface area contributed by atoms with Crippen molar-refractivity contribution in [2.24, 2.45) is 0 Å². The van der Waals surface area contributed by atoms with Crippen LogP contribution in [0.4, 0.5) is 10.5 Å². The van der Waals surface area contributed by atoms with Crippen LogP contribution in [0.3, 0.4) is 0 Å². The molecule has 0 aliphatic carbocycles. The van der Waals surface area contributed by atoms with Gasteiger partial charge < -0.3 is 15.4 Å². The summed E-state index contributed by atoms with van der Waals surface area (Å²) in [5.41, 5.74) is 2.02. The molecule has 0 atom stereocenters. The van der Waals surface area contributed by atoms with Crippen LogP contribution in [-0.2, 0) is 11.3 Å². The van der Waals surface area contributed by atoms with Crippen molar-refractivity contribution in [2.75, 3.05) is 38.2 Å². The maximum Gasteiger partial charge on any atom is 0.319 e. The first-order valence-corrected chi connectivity index (χ1v) is 7.22. The fourth-order valence-corrected chi connectivity index (χ4v) is 2.19. The average molecular weight is 277 g/mol. The van der Waals surface area contributed by atoms with Crippen LogP contribution in [0.2, 0.25) is 0 Å². The number of hydrogen-bond acceptors (Lipinski definition) is 3. The number of morpholine rings is 1. The summed E-state index contributed by atoms with van der Waals surface area (Å²) in [5, 5.41) is 5.75. The number of nitrogens with one attached hydrogen (secondary N) is 2. The van der Waals surface area contributed by atoms with Crippen LogP contribution >= 0.6 is 0 Å². The van der Waals surface area contributed by atoms with Crippen molar-refractivity contribution >= 4 is 11.7 Å². The second-order valence-electron chi connectivity index (χ2n) is 4.93. The fourth-order valence-electron chi connectivity index (χ4n) is 2.19. The quantitative estimate of drug-likeness (QED) is 0.866. The number of rotatable bonds is 5. The lowest BCUT2D eigenvalue weighted by atomic mass is 10.1. The van der Waals surface area contributed by atoms with Crippen LogP contribution < -0.4 is 10.6 Å². The molecule has 5 heteroatoms. The summed E-state index contributed by atoms with van der Waals surface area (Å²) >= 11 is 0. The van der Waals surface area contributed by atoms with Crippen molar-refractivity contribution in [1.29, 1.82) is 0 Å². The largest absolute Gasteiger partial charge is 0.379 e. The van der Waals surface area contributed by atoms with Crippen LogP contribution in [0.5, 0.6) is 0 Å². The maximum atomic E-state index is 11.8. The second-order valence-corrected chi connectivity index (χ2v) is 4.93. The fraction of sp³-hybridized carbons (Fsp3) is 0.533. The third kappa shape index (κ3) is 4.51. The monoisotopic (exact) mass is 277 g/mol. The van der Waals surface area contributed by atoms with Crippen LogP contribution in [0.15, 0.2) is 24.3 Å². The second kappa shape index (κ2) is 7.87. The number of urea groups is 1. The molecular weight excluding hydrogens is 254 g/mol. The molecule has 1 aliphatic heterocycles. The van der Waals surface area contributed by atoms with E-state index in [0.29, 0.717) is 6.54 Å². The third-order valence-electron chi connectivity index (χ3n) is 3.30. The van der Waals surface area contributed by atoms with Crippen molar-refractivity contribution in [1.82, 2.24) is 10.2 Å². The van der Waals surface area contributed by atoms with Gasteiger partial charge in [-0.25, -0.2) is 4.79 Å². The van der Waals surface area contributed by atoms with E-state index in [1.807, 2.05) is 25.1 Å². The van der Waals surface area contributed by atoms with Gasteiger partial charge in [0.25, 0.3) is 0 Å². The Kier molecular flexibility index (Phi) is 5.83. The van der Waals surface area contributed by atoms with E-state index in [1.54, 1.807) is 0 Å². The van der Waals surface area contributed by atoms with Gasteiger partial charge in [0, 0.05) is 31.9 Å². The first-order chi connectivity index (χ1) is 9.79. The van der Waals surface area contributed by atoms with E-state index in [0.717, 1.165) is 50.5 Å². The topological polar surface area (TPSA) is 53.6 Å². The Morgan fingerprint density at radius 2 is 2.05 bits per heavy atom.